The van der Waals surface area contributed by atoms with Gasteiger partial charge in [-0.2, -0.15) is 0 Å². The topological polar surface area (TPSA) is 80.9 Å². The molecule has 2 rings (SSSR count). The van der Waals surface area contributed by atoms with Crippen LogP contribution in [0.1, 0.15) is 22.3 Å². The third-order valence-electron chi connectivity index (χ3n) is 3.03. The van der Waals surface area contributed by atoms with E-state index in [0.717, 1.165) is 22.3 Å². The summed E-state index contributed by atoms with van der Waals surface area (Å²) in [7, 11) is 0. The molecule has 2 aromatic rings. The Hall–Kier alpha value is -1.59. The van der Waals surface area contributed by atoms with Gasteiger partial charge in [-0.1, -0.05) is 0 Å². The predicted octanol–water partition coefficient (Wildman–Crippen LogP) is 3.05. The van der Waals surface area contributed by atoms with Crippen molar-refractivity contribution in [3.05, 3.63) is 46.5 Å². The molecular formula is C16H20MgO4. The quantitative estimate of drug-likeness (QED) is 0.564. The zero-order chi connectivity index (χ0) is 15.4. The Balaban J connectivity index is 0.000000364. The summed E-state index contributed by atoms with van der Waals surface area (Å²) in [6.07, 6.45) is 0. The first-order chi connectivity index (χ1) is 9.22. The van der Waals surface area contributed by atoms with Gasteiger partial charge in [-0.3, -0.25) is 0 Å². The Kier molecular flexibility index (Phi) is 7.39. The van der Waals surface area contributed by atoms with E-state index in [-0.39, 0.29) is 46.1 Å². The summed E-state index contributed by atoms with van der Waals surface area (Å²) >= 11 is 0. The lowest BCUT2D eigenvalue weighted by Gasteiger charge is -2.01. The summed E-state index contributed by atoms with van der Waals surface area (Å²) in [6.45, 7) is 7.17. The van der Waals surface area contributed by atoms with Crippen LogP contribution in [-0.2, 0) is 0 Å². The highest BCUT2D eigenvalue weighted by molar-refractivity contribution is 5.75. The zero-order valence-electron chi connectivity index (χ0n) is 12.8. The largest absolute Gasteiger partial charge is 0.508 e. The van der Waals surface area contributed by atoms with Crippen molar-refractivity contribution in [2.45, 2.75) is 27.7 Å². The van der Waals surface area contributed by atoms with E-state index in [1.165, 1.54) is 12.1 Å². The van der Waals surface area contributed by atoms with E-state index in [9.17, 15) is 0 Å². The van der Waals surface area contributed by atoms with Crippen molar-refractivity contribution in [2.75, 3.05) is 0 Å². The number of hydrogen-bond donors (Lipinski definition) is 4. The minimum absolute atomic E-state index is 0. The fourth-order valence-corrected chi connectivity index (χ4v) is 1.66. The molecule has 0 aliphatic carbocycles. The van der Waals surface area contributed by atoms with Crippen molar-refractivity contribution in [3.8, 4) is 23.0 Å². The minimum atomic E-state index is 0. The van der Waals surface area contributed by atoms with Crippen LogP contribution in [0, 0.1) is 27.7 Å². The molecule has 2 aromatic carbocycles. The van der Waals surface area contributed by atoms with Crippen molar-refractivity contribution in [1.82, 2.24) is 0 Å². The van der Waals surface area contributed by atoms with E-state index in [1.807, 2.05) is 0 Å². The number of aryl methyl sites for hydroxylation is 4. The summed E-state index contributed by atoms with van der Waals surface area (Å²) in [5, 5.41) is 36.3. The molecule has 110 valence electrons. The van der Waals surface area contributed by atoms with E-state index < -0.39 is 0 Å². The number of phenolic OH excluding ortho intramolecular Hbond substituents is 4. The lowest BCUT2D eigenvalue weighted by atomic mass is 10.1. The highest BCUT2D eigenvalue weighted by Gasteiger charge is 2.00. The molecular weight excluding hydrogens is 280 g/mol. The molecule has 0 saturated carbocycles. The van der Waals surface area contributed by atoms with Gasteiger partial charge in [0.15, 0.2) is 0 Å². The van der Waals surface area contributed by atoms with Crippen molar-refractivity contribution < 1.29 is 20.4 Å². The summed E-state index contributed by atoms with van der Waals surface area (Å²) in [6, 6.07) is 6.19. The number of hydrogen-bond acceptors (Lipinski definition) is 4. The fraction of sp³-hybridized carbons (Fsp3) is 0.250. The number of rotatable bonds is 0. The standard InChI is InChI=1S/2C8H10O2.Mg/c2*1-5-3-6(2)8(10)4-7(5)9;/h2*3-4,9-10H,1-2H3;. The molecule has 4 nitrogen and oxygen atoms in total. The van der Waals surface area contributed by atoms with Gasteiger partial charge in [-0.15, -0.1) is 0 Å². The lowest BCUT2D eigenvalue weighted by molar-refractivity contribution is 0.444. The molecule has 0 aromatic heterocycles. The van der Waals surface area contributed by atoms with Crippen molar-refractivity contribution in [1.29, 1.82) is 0 Å². The van der Waals surface area contributed by atoms with Crippen LogP contribution < -0.4 is 0 Å². The maximum absolute atomic E-state index is 9.06. The smallest absolute Gasteiger partial charge is 0.122 e. The molecule has 2 radical (unpaired) electrons. The number of phenols is 4. The third-order valence-corrected chi connectivity index (χ3v) is 3.03. The monoisotopic (exact) mass is 300 g/mol. The van der Waals surface area contributed by atoms with E-state index in [4.69, 9.17) is 20.4 Å². The van der Waals surface area contributed by atoms with Gasteiger partial charge in [0.25, 0.3) is 0 Å². The average molecular weight is 301 g/mol. The first-order valence-electron chi connectivity index (χ1n) is 6.20. The average Bonchev–Trinajstić information content (AvgIpc) is 2.35. The summed E-state index contributed by atoms with van der Waals surface area (Å²) in [5.74, 6) is 0.567. The van der Waals surface area contributed by atoms with Crippen molar-refractivity contribution in [3.63, 3.8) is 0 Å². The SMILES string of the molecule is Cc1cc(C)c(O)cc1O.Cc1cc(C)c(O)cc1O.[Mg]. The Bertz CT molecular complexity index is 468. The molecule has 0 unspecified atom stereocenters. The van der Waals surface area contributed by atoms with Crippen LogP contribution >= 0.6 is 0 Å². The van der Waals surface area contributed by atoms with E-state index in [2.05, 4.69) is 0 Å². The molecule has 0 saturated heterocycles. The van der Waals surface area contributed by atoms with E-state index in [0.29, 0.717) is 0 Å². The second-order valence-electron chi connectivity index (χ2n) is 4.85. The molecule has 0 atom stereocenters. The third kappa shape index (κ3) is 5.36. The molecule has 0 aliphatic rings. The molecule has 0 aliphatic heterocycles. The van der Waals surface area contributed by atoms with Gasteiger partial charge in [0, 0.05) is 35.2 Å². The number of benzene rings is 2. The van der Waals surface area contributed by atoms with E-state index >= 15 is 0 Å². The summed E-state index contributed by atoms with van der Waals surface area (Å²) in [5.41, 5.74) is 3.15. The maximum atomic E-state index is 9.06. The molecule has 0 spiro atoms. The molecule has 21 heavy (non-hydrogen) atoms. The van der Waals surface area contributed by atoms with Crippen LogP contribution in [0.3, 0.4) is 0 Å². The van der Waals surface area contributed by atoms with Crippen LogP contribution in [0.4, 0.5) is 0 Å². The normalized spacial score (nSPS) is 9.33. The molecule has 0 bridgehead atoms. The minimum Gasteiger partial charge on any atom is -0.508 e. The molecule has 4 N–H and O–H groups in total. The Morgan fingerprint density at radius 1 is 0.476 bits per heavy atom. The zero-order valence-corrected chi connectivity index (χ0v) is 14.2. The van der Waals surface area contributed by atoms with Crippen LogP contribution in [0.2, 0.25) is 0 Å². The molecule has 0 heterocycles. The van der Waals surface area contributed by atoms with Crippen LogP contribution in [0.5, 0.6) is 23.0 Å². The second-order valence-corrected chi connectivity index (χ2v) is 4.85. The van der Waals surface area contributed by atoms with Crippen LogP contribution in [-0.4, -0.2) is 43.5 Å². The lowest BCUT2D eigenvalue weighted by Crippen LogP contribution is -1.78. The van der Waals surface area contributed by atoms with Crippen molar-refractivity contribution >= 4 is 23.1 Å². The summed E-state index contributed by atoms with van der Waals surface area (Å²) < 4.78 is 0. The Morgan fingerprint density at radius 3 is 0.810 bits per heavy atom. The van der Waals surface area contributed by atoms with Gasteiger partial charge in [0.05, 0.1) is 0 Å². The summed E-state index contributed by atoms with van der Waals surface area (Å²) in [4.78, 5) is 0. The van der Waals surface area contributed by atoms with Crippen molar-refractivity contribution in [2.24, 2.45) is 0 Å². The van der Waals surface area contributed by atoms with E-state index in [1.54, 1.807) is 39.8 Å². The van der Waals surface area contributed by atoms with Crippen LogP contribution in [0.15, 0.2) is 24.3 Å². The highest BCUT2D eigenvalue weighted by atomic mass is 24.3. The Morgan fingerprint density at radius 2 is 0.667 bits per heavy atom. The van der Waals surface area contributed by atoms with Gasteiger partial charge < -0.3 is 20.4 Å². The number of aromatic hydroxyl groups is 4. The highest BCUT2D eigenvalue weighted by Crippen LogP contribution is 2.26. The maximum Gasteiger partial charge on any atom is 0.122 e. The van der Waals surface area contributed by atoms with Gasteiger partial charge in [0.2, 0.25) is 0 Å². The van der Waals surface area contributed by atoms with Crippen LogP contribution in [0.25, 0.3) is 0 Å². The molecule has 0 fully saturated rings. The second kappa shape index (κ2) is 8.00. The van der Waals surface area contributed by atoms with Gasteiger partial charge >= 0.3 is 0 Å². The predicted molar refractivity (Wildman–Crippen MR) is 84.2 cm³/mol. The fourth-order valence-electron chi connectivity index (χ4n) is 1.66. The van der Waals surface area contributed by atoms with Gasteiger partial charge in [0.1, 0.15) is 23.0 Å². The van der Waals surface area contributed by atoms with Gasteiger partial charge in [-0.05, 0) is 62.1 Å². The van der Waals surface area contributed by atoms with Gasteiger partial charge in [-0.25, -0.2) is 0 Å². The molecule has 0 amide bonds. The first-order valence-corrected chi connectivity index (χ1v) is 6.20. The first kappa shape index (κ1) is 19.4. The molecule has 5 heteroatoms. The Labute approximate surface area is 140 Å².